The van der Waals surface area contributed by atoms with E-state index in [-0.39, 0.29) is 6.54 Å². The number of nitrogens with one attached hydrogen (secondary N) is 1. The predicted octanol–water partition coefficient (Wildman–Crippen LogP) is 0.260. The molecule has 0 fully saturated rings. The number of alkyl halides is 3. The average molecular weight is 184 g/mol. The Morgan fingerprint density at radius 3 is 2.42 bits per heavy atom. The summed E-state index contributed by atoms with van der Waals surface area (Å²) in [4.78, 5) is 10.4. The Labute approximate surface area is 68.1 Å². The lowest BCUT2D eigenvalue weighted by atomic mass is 10.2. The van der Waals surface area contributed by atoms with Crippen LogP contribution in [0.3, 0.4) is 0 Å². The molecule has 0 radical (unpaired) electrons. The summed E-state index contributed by atoms with van der Waals surface area (Å²) in [7, 11) is 0. The Balaban J connectivity index is 3.51. The van der Waals surface area contributed by atoms with E-state index in [1.807, 2.05) is 0 Å². The molecule has 72 valence electrons. The van der Waals surface area contributed by atoms with Gasteiger partial charge in [0.1, 0.15) is 0 Å². The van der Waals surface area contributed by atoms with Crippen molar-refractivity contribution in [2.45, 2.75) is 13.1 Å². The van der Waals surface area contributed by atoms with Crippen LogP contribution in [-0.2, 0) is 4.79 Å². The first kappa shape index (κ1) is 11.2. The van der Waals surface area contributed by atoms with E-state index in [4.69, 9.17) is 5.73 Å². The van der Waals surface area contributed by atoms with Crippen molar-refractivity contribution < 1.29 is 18.0 Å². The molecule has 0 aliphatic heterocycles. The standard InChI is InChI=1S/C6H11F3N2O/c1-4(5(10)12)2-11-3-6(7,8)9/h4,11H,2-3H2,1H3,(H2,10,12). The van der Waals surface area contributed by atoms with Crippen molar-refractivity contribution in [3.05, 3.63) is 0 Å². The van der Waals surface area contributed by atoms with Gasteiger partial charge in [0, 0.05) is 12.5 Å². The molecule has 1 atom stereocenters. The van der Waals surface area contributed by atoms with Gasteiger partial charge < -0.3 is 11.1 Å². The van der Waals surface area contributed by atoms with Gasteiger partial charge >= 0.3 is 6.18 Å². The summed E-state index contributed by atoms with van der Waals surface area (Å²) in [5.74, 6) is -1.18. The van der Waals surface area contributed by atoms with Gasteiger partial charge in [-0.2, -0.15) is 13.2 Å². The Hall–Kier alpha value is -0.780. The van der Waals surface area contributed by atoms with Crippen molar-refractivity contribution in [2.75, 3.05) is 13.1 Å². The summed E-state index contributed by atoms with van der Waals surface area (Å²) in [6.07, 6.45) is -4.24. The van der Waals surface area contributed by atoms with E-state index in [0.29, 0.717) is 0 Å². The molecule has 0 aromatic heterocycles. The molecule has 6 heteroatoms. The van der Waals surface area contributed by atoms with Crippen molar-refractivity contribution in [2.24, 2.45) is 11.7 Å². The fourth-order valence-corrected chi connectivity index (χ4v) is 0.531. The quantitative estimate of drug-likeness (QED) is 0.658. The van der Waals surface area contributed by atoms with Crippen LogP contribution in [0.1, 0.15) is 6.92 Å². The highest BCUT2D eigenvalue weighted by Gasteiger charge is 2.26. The van der Waals surface area contributed by atoms with Gasteiger partial charge in [0.05, 0.1) is 6.54 Å². The number of carbonyl (C=O) groups excluding carboxylic acids is 1. The van der Waals surface area contributed by atoms with Gasteiger partial charge in [0.2, 0.25) is 5.91 Å². The highest BCUT2D eigenvalue weighted by Crippen LogP contribution is 2.12. The first-order chi connectivity index (χ1) is 5.33. The third kappa shape index (κ3) is 5.96. The number of hydrogen-bond acceptors (Lipinski definition) is 2. The van der Waals surface area contributed by atoms with Gasteiger partial charge in [-0.1, -0.05) is 6.92 Å². The highest BCUT2D eigenvalue weighted by atomic mass is 19.4. The number of halogens is 3. The van der Waals surface area contributed by atoms with Crippen molar-refractivity contribution in [3.63, 3.8) is 0 Å². The van der Waals surface area contributed by atoms with Crippen LogP contribution in [0.4, 0.5) is 13.2 Å². The molecular weight excluding hydrogens is 173 g/mol. The topological polar surface area (TPSA) is 55.1 Å². The van der Waals surface area contributed by atoms with Gasteiger partial charge in [-0.05, 0) is 0 Å². The summed E-state index contributed by atoms with van der Waals surface area (Å²) < 4.78 is 34.6. The number of amides is 1. The molecule has 0 spiro atoms. The van der Waals surface area contributed by atoms with Crippen LogP contribution < -0.4 is 11.1 Å². The largest absolute Gasteiger partial charge is 0.401 e. The Bertz CT molecular complexity index is 157. The van der Waals surface area contributed by atoms with Crippen LogP contribution in [0.15, 0.2) is 0 Å². The summed E-state index contributed by atoms with van der Waals surface area (Å²) in [6.45, 7) is 0.325. The third-order valence-electron chi connectivity index (χ3n) is 1.26. The Kier molecular flexibility index (Phi) is 4.02. The zero-order chi connectivity index (χ0) is 9.78. The molecule has 0 aliphatic rings. The lowest BCUT2D eigenvalue weighted by molar-refractivity contribution is -0.128. The molecule has 0 aromatic rings. The van der Waals surface area contributed by atoms with Crippen LogP contribution in [0.25, 0.3) is 0 Å². The number of primary amides is 1. The van der Waals surface area contributed by atoms with E-state index in [0.717, 1.165) is 0 Å². The van der Waals surface area contributed by atoms with E-state index < -0.39 is 24.5 Å². The van der Waals surface area contributed by atoms with Gasteiger partial charge in [-0.25, -0.2) is 0 Å². The smallest absolute Gasteiger partial charge is 0.369 e. The van der Waals surface area contributed by atoms with Gasteiger partial charge in [0.25, 0.3) is 0 Å². The molecule has 0 heterocycles. The fourth-order valence-electron chi connectivity index (χ4n) is 0.531. The molecule has 1 amide bonds. The second-order valence-electron chi connectivity index (χ2n) is 2.55. The Morgan fingerprint density at radius 2 is 2.08 bits per heavy atom. The van der Waals surface area contributed by atoms with E-state index in [9.17, 15) is 18.0 Å². The summed E-state index contributed by atoms with van der Waals surface area (Å²) in [6, 6.07) is 0. The average Bonchev–Trinajstić information content (AvgIpc) is 1.84. The highest BCUT2D eigenvalue weighted by molar-refractivity contribution is 5.76. The lowest BCUT2D eigenvalue weighted by Gasteiger charge is -2.10. The van der Waals surface area contributed by atoms with E-state index in [1.165, 1.54) is 6.92 Å². The Morgan fingerprint density at radius 1 is 1.58 bits per heavy atom. The fraction of sp³-hybridized carbons (Fsp3) is 0.833. The maximum absolute atomic E-state index is 11.5. The van der Waals surface area contributed by atoms with Crippen molar-refractivity contribution in [1.29, 1.82) is 0 Å². The minimum Gasteiger partial charge on any atom is -0.369 e. The molecule has 0 saturated carbocycles. The summed E-state index contributed by atoms with van der Waals surface area (Å²) in [5.41, 5.74) is 4.83. The molecule has 1 unspecified atom stereocenters. The normalized spacial score (nSPS) is 14.3. The monoisotopic (exact) mass is 184 g/mol. The molecule has 0 aromatic carbocycles. The van der Waals surface area contributed by atoms with Crippen LogP contribution in [0.5, 0.6) is 0 Å². The third-order valence-corrected chi connectivity index (χ3v) is 1.26. The van der Waals surface area contributed by atoms with E-state index >= 15 is 0 Å². The zero-order valence-corrected chi connectivity index (χ0v) is 6.61. The first-order valence-electron chi connectivity index (χ1n) is 3.39. The van der Waals surface area contributed by atoms with Crippen LogP contribution >= 0.6 is 0 Å². The molecule has 3 N–H and O–H groups in total. The molecule has 0 rings (SSSR count). The predicted molar refractivity (Wildman–Crippen MR) is 37.3 cm³/mol. The van der Waals surface area contributed by atoms with Crippen LogP contribution in [-0.4, -0.2) is 25.2 Å². The summed E-state index contributed by atoms with van der Waals surface area (Å²) >= 11 is 0. The first-order valence-corrected chi connectivity index (χ1v) is 3.39. The zero-order valence-electron chi connectivity index (χ0n) is 6.61. The van der Waals surface area contributed by atoms with Crippen LogP contribution in [0.2, 0.25) is 0 Å². The molecular formula is C6H11F3N2O. The molecule has 12 heavy (non-hydrogen) atoms. The van der Waals surface area contributed by atoms with Crippen molar-refractivity contribution in [1.82, 2.24) is 5.32 Å². The number of nitrogens with two attached hydrogens (primary N) is 1. The molecule has 0 bridgehead atoms. The van der Waals surface area contributed by atoms with Crippen LogP contribution in [0, 0.1) is 5.92 Å². The number of rotatable bonds is 4. The maximum Gasteiger partial charge on any atom is 0.401 e. The minimum absolute atomic E-state index is 0.0468. The SMILES string of the molecule is CC(CNCC(F)(F)F)C(N)=O. The second kappa shape index (κ2) is 4.30. The maximum atomic E-state index is 11.5. The minimum atomic E-state index is -4.24. The van der Waals surface area contributed by atoms with E-state index in [2.05, 4.69) is 5.32 Å². The lowest BCUT2D eigenvalue weighted by Crippen LogP contribution is -2.36. The van der Waals surface area contributed by atoms with Gasteiger partial charge in [-0.15, -0.1) is 0 Å². The molecule has 0 saturated heterocycles. The van der Waals surface area contributed by atoms with Crippen molar-refractivity contribution in [3.8, 4) is 0 Å². The van der Waals surface area contributed by atoms with E-state index in [1.54, 1.807) is 0 Å². The molecule has 3 nitrogen and oxygen atoms in total. The van der Waals surface area contributed by atoms with Crippen molar-refractivity contribution >= 4 is 5.91 Å². The molecule has 0 aliphatic carbocycles. The second-order valence-corrected chi connectivity index (χ2v) is 2.55. The van der Waals surface area contributed by atoms with Gasteiger partial charge in [0.15, 0.2) is 0 Å². The number of carbonyl (C=O) groups is 1. The summed E-state index contributed by atoms with van der Waals surface area (Å²) in [5, 5.41) is 2.08. The van der Waals surface area contributed by atoms with Gasteiger partial charge in [-0.3, -0.25) is 4.79 Å². The number of hydrogen-bond donors (Lipinski definition) is 2.